The van der Waals surface area contributed by atoms with Gasteiger partial charge < -0.3 is 15.4 Å². The molecular weight excluding hydrogens is 240 g/mol. The maximum absolute atomic E-state index is 5.42. The normalized spacial score (nSPS) is 16.1. The molecule has 106 valence electrons. The minimum atomic E-state index is 0.708. The average Bonchev–Trinajstić information content (AvgIpc) is 2.46. The van der Waals surface area contributed by atoms with E-state index in [1.807, 2.05) is 6.92 Å². The number of methoxy groups -OCH3 is 1. The molecule has 1 aromatic heterocycles. The van der Waals surface area contributed by atoms with E-state index in [0.717, 1.165) is 30.6 Å². The molecule has 0 unspecified atom stereocenters. The van der Waals surface area contributed by atoms with Crippen LogP contribution in [0.2, 0.25) is 0 Å². The third kappa shape index (κ3) is 3.72. The minimum absolute atomic E-state index is 0.708. The lowest BCUT2D eigenvalue weighted by atomic mass is 9.89. The van der Waals surface area contributed by atoms with E-state index in [9.17, 15) is 0 Å². The zero-order valence-electron chi connectivity index (χ0n) is 11.9. The first-order valence-corrected chi connectivity index (χ1v) is 7.21. The van der Waals surface area contributed by atoms with Gasteiger partial charge in [0, 0.05) is 13.1 Å². The Balaban J connectivity index is 2.00. The summed E-state index contributed by atoms with van der Waals surface area (Å²) in [4.78, 5) is 8.50. The summed E-state index contributed by atoms with van der Waals surface area (Å²) in [6, 6.07) is 0. The molecule has 0 amide bonds. The molecule has 1 aromatic rings. The van der Waals surface area contributed by atoms with Crippen molar-refractivity contribution in [2.45, 2.75) is 39.0 Å². The zero-order chi connectivity index (χ0) is 13.5. The van der Waals surface area contributed by atoms with Crippen LogP contribution in [0.25, 0.3) is 0 Å². The van der Waals surface area contributed by atoms with Crippen molar-refractivity contribution in [3.63, 3.8) is 0 Å². The van der Waals surface area contributed by atoms with Gasteiger partial charge in [0.15, 0.2) is 11.6 Å². The second-order valence-electron chi connectivity index (χ2n) is 5.02. The molecule has 1 saturated carbocycles. The first-order chi connectivity index (χ1) is 9.35. The monoisotopic (exact) mass is 264 g/mol. The first-order valence-electron chi connectivity index (χ1n) is 7.21. The van der Waals surface area contributed by atoms with E-state index in [-0.39, 0.29) is 0 Å². The van der Waals surface area contributed by atoms with Crippen LogP contribution in [-0.2, 0) is 0 Å². The van der Waals surface area contributed by atoms with E-state index < -0.39 is 0 Å². The molecule has 2 N–H and O–H groups in total. The van der Waals surface area contributed by atoms with Gasteiger partial charge in [0.05, 0.1) is 7.11 Å². The van der Waals surface area contributed by atoms with Crippen LogP contribution in [0, 0.1) is 5.92 Å². The van der Waals surface area contributed by atoms with E-state index in [1.54, 1.807) is 13.4 Å². The number of hydrogen-bond donors (Lipinski definition) is 2. The molecular formula is C14H24N4O. The van der Waals surface area contributed by atoms with Gasteiger partial charge in [-0.05, 0) is 25.7 Å². The Bertz CT molecular complexity index is 391. The number of anilines is 2. The maximum atomic E-state index is 5.42. The minimum Gasteiger partial charge on any atom is -0.490 e. The molecule has 0 spiro atoms. The molecule has 1 heterocycles. The average molecular weight is 264 g/mol. The molecule has 19 heavy (non-hydrogen) atoms. The lowest BCUT2D eigenvalue weighted by Crippen LogP contribution is -2.18. The van der Waals surface area contributed by atoms with Crippen LogP contribution in [0.4, 0.5) is 11.6 Å². The molecule has 5 nitrogen and oxygen atoms in total. The molecule has 2 rings (SSSR count). The van der Waals surface area contributed by atoms with Gasteiger partial charge in [0.1, 0.15) is 6.33 Å². The van der Waals surface area contributed by atoms with Gasteiger partial charge in [-0.15, -0.1) is 0 Å². The predicted octanol–water partition coefficient (Wildman–Crippen LogP) is 2.91. The zero-order valence-corrected chi connectivity index (χ0v) is 11.9. The van der Waals surface area contributed by atoms with Crippen LogP contribution in [0.5, 0.6) is 5.75 Å². The molecule has 0 aromatic carbocycles. The van der Waals surface area contributed by atoms with Gasteiger partial charge >= 0.3 is 0 Å². The van der Waals surface area contributed by atoms with Crippen molar-refractivity contribution in [3.8, 4) is 5.75 Å². The Kier molecular flexibility index (Phi) is 5.24. The Morgan fingerprint density at radius 2 is 1.84 bits per heavy atom. The van der Waals surface area contributed by atoms with Gasteiger partial charge in [-0.25, -0.2) is 9.97 Å². The fourth-order valence-corrected chi connectivity index (χ4v) is 2.62. The summed E-state index contributed by atoms with van der Waals surface area (Å²) in [5, 5.41) is 6.61. The molecule has 0 saturated heterocycles. The Morgan fingerprint density at radius 1 is 1.16 bits per heavy atom. The topological polar surface area (TPSA) is 59.1 Å². The molecule has 0 bridgehead atoms. The highest BCUT2D eigenvalue weighted by molar-refractivity contribution is 5.63. The van der Waals surface area contributed by atoms with Crippen LogP contribution < -0.4 is 15.4 Å². The predicted molar refractivity (Wildman–Crippen MR) is 77.8 cm³/mol. The second-order valence-corrected chi connectivity index (χ2v) is 5.02. The van der Waals surface area contributed by atoms with Crippen LogP contribution >= 0.6 is 0 Å². The Hall–Kier alpha value is -1.52. The van der Waals surface area contributed by atoms with Crippen molar-refractivity contribution >= 4 is 11.6 Å². The number of nitrogens with one attached hydrogen (secondary N) is 2. The molecule has 0 radical (unpaired) electrons. The number of aromatic nitrogens is 2. The SMILES string of the molecule is CCNc1ncnc(NCC2CCCCC2)c1OC. The molecule has 0 atom stereocenters. The van der Waals surface area contributed by atoms with Crippen LogP contribution in [0.1, 0.15) is 39.0 Å². The molecule has 1 fully saturated rings. The molecule has 1 aliphatic carbocycles. The quantitative estimate of drug-likeness (QED) is 0.827. The van der Waals surface area contributed by atoms with Crippen molar-refractivity contribution in [2.24, 2.45) is 5.92 Å². The van der Waals surface area contributed by atoms with Crippen LogP contribution in [0.3, 0.4) is 0 Å². The summed E-state index contributed by atoms with van der Waals surface area (Å²) in [6.07, 6.45) is 8.31. The van der Waals surface area contributed by atoms with Gasteiger partial charge in [0.2, 0.25) is 5.75 Å². The second kappa shape index (κ2) is 7.16. The van der Waals surface area contributed by atoms with E-state index in [0.29, 0.717) is 5.75 Å². The van der Waals surface area contributed by atoms with E-state index in [1.165, 1.54) is 32.1 Å². The van der Waals surface area contributed by atoms with Crippen molar-refractivity contribution in [3.05, 3.63) is 6.33 Å². The van der Waals surface area contributed by atoms with Gasteiger partial charge in [-0.1, -0.05) is 19.3 Å². The summed E-state index contributed by atoms with van der Waals surface area (Å²) < 4.78 is 5.42. The Morgan fingerprint density at radius 3 is 2.47 bits per heavy atom. The van der Waals surface area contributed by atoms with E-state index in [4.69, 9.17) is 4.74 Å². The standard InChI is InChI=1S/C14H24N4O/c1-3-15-13-12(19-2)14(18-10-17-13)16-9-11-7-5-4-6-8-11/h10-11H,3-9H2,1-2H3,(H2,15,16,17,18). The number of ether oxygens (including phenoxy) is 1. The molecule has 0 aliphatic heterocycles. The van der Waals surface area contributed by atoms with Gasteiger partial charge in [-0.2, -0.15) is 0 Å². The van der Waals surface area contributed by atoms with E-state index in [2.05, 4.69) is 20.6 Å². The largest absolute Gasteiger partial charge is 0.490 e. The fourth-order valence-electron chi connectivity index (χ4n) is 2.62. The molecule has 5 heteroatoms. The van der Waals surface area contributed by atoms with Crippen molar-refractivity contribution < 1.29 is 4.74 Å². The van der Waals surface area contributed by atoms with Crippen molar-refractivity contribution in [1.29, 1.82) is 0 Å². The summed E-state index contributed by atoms with van der Waals surface area (Å²) >= 11 is 0. The molecule has 1 aliphatic rings. The van der Waals surface area contributed by atoms with E-state index >= 15 is 0 Å². The van der Waals surface area contributed by atoms with Crippen LogP contribution in [0.15, 0.2) is 6.33 Å². The van der Waals surface area contributed by atoms with Crippen molar-refractivity contribution in [1.82, 2.24) is 9.97 Å². The highest BCUT2D eigenvalue weighted by atomic mass is 16.5. The summed E-state index contributed by atoms with van der Waals surface area (Å²) in [6.45, 7) is 3.82. The lowest BCUT2D eigenvalue weighted by Gasteiger charge is -2.22. The summed E-state index contributed by atoms with van der Waals surface area (Å²) in [5.41, 5.74) is 0. The summed E-state index contributed by atoms with van der Waals surface area (Å²) in [5.74, 6) is 3.02. The number of nitrogens with zero attached hydrogens (tertiary/aromatic N) is 2. The first kappa shape index (κ1) is 13.9. The van der Waals surface area contributed by atoms with Gasteiger partial charge in [0.25, 0.3) is 0 Å². The Labute approximate surface area is 115 Å². The maximum Gasteiger partial charge on any atom is 0.204 e. The highest BCUT2D eigenvalue weighted by Crippen LogP contribution is 2.30. The summed E-state index contributed by atoms with van der Waals surface area (Å²) in [7, 11) is 1.66. The van der Waals surface area contributed by atoms with Crippen LogP contribution in [-0.4, -0.2) is 30.2 Å². The lowest BCUT2D eigenvalue weighted by molar-refractivity contribution is 0.371. The number of rotatable bonds is 6. The fraction of sp³-hybridized carbons (Fsp3) is 0.714. The third-order valence-electron chi connectivity index (χ3n) is 3.64. The highest BCUT2D eigenvalue weighted by Gasteiger charge is 2.16. The van der Waals surface area contributed by atoms with Crippen molar-refractivity contribution in [2.75, 3.05) is 30.8 Å². The smallest absolute Gasteiger partial charge is 0.204 e. The third-order valence-corrected chi connectivity index (χ3v) is 3.64. The van der Waals surface area contributed by atoms with Gasteiger partial charge in [-0.3, -0.25) is 0 Å². The number of hydrogen-bond acceptors (Lipinski definition) is 5.